The van der Waals surface area contributed by atoms with Crippen molar-refractivity contribution in [1.29, 1.82) is 0 Å². The molecule has 0 fully saturated rings. The predicted molar refractivity (Wildman–Crippen MR) is 101 cm³/mol. The summed E-state index contributed by atoms with van der Waals surface area (Å²) in [6.45, 7) is 0.986. The van der Waals surface area contributed by atoms with E-state index in [0.717, 1.165) is 22.0 Å². The van der Waals surface area contributed by atoms with E-state index in [2.05, 4.69) is 16.8 Å². The van der Waals surface area contributed by atoms with Crippen molar-refractivity contribution in [3.8, 4) is 10.6 Å². The van der Waals surface area contributed by atoms with E-state index in [9.17, 15) is 4.79 Å². The zero-order chi connectivity index (χ0) is 17.2. The van der Waals surface area contributed by atoms with Crippen LogP contribution in [0.1, 0.15) is 22.2 Å². The first-order valence-electron chi connectivity index (χ1n) is 7.91. The predicted octanol–water partition coefficient (Wildman–Crippen LogP) is 4.08. The lowest BCUT2D eigenvalue weighted by Crippen LogP contribution is -2.44. The highest BCUT2D eigenvalue weighted by Crippen LogP contribution is 2.35. The van der Waals surface area contributed by atoms with Gasteiger partial charge in [0.1, 0.15) is 11.2 Å². The average molecular weight is 371 g/mol. The van der Waals surface area contributed by atoms with E-state index in [1.807, 2.05) is 35.0 Å². The molecule has 0 spiro atoms. The minimum atomic E-state index is -0.291. The molecule has 2 aromatic heterocycles. The van der Waals surface area contributed by atoms with Crippen molar-refractivity contribution in [2.45, 2.75) is 6.17 Å². The highest BCUT2D eigenvalue weighted by Gasteiger charge is 2.33. The van der Waals surface area contributed by atoms with E-state index < -0.39 is 0 Å². The monoisotopic (exact) mass is 371 g/mol. The summed E-state index contributed by atoms with van der Waals surface area (Å²) in [6.07, 6.45) is -0.291. The number of aromatic nitrogens is 1. The molecule has 3 heterocycles. The number of ether oxygens (including phenoxy) is 1. The van der Waals surface area contributed by atoms with Gasteiger partial charge < -0.3 is 15.0 Å². The fraction of sp³-hybridized carbons (Fsp3) is 0.222. The summed E-state index contributed by atoms with van der Waals surface area (Å²) < 4.78 is 5.19. The molecule has 25 heavy (non-hydrogen) atoms. The third-order valence-corrected chi connectivity index (χ3v) is 5.72. The maximum atomic E-state index is 12.9. The maximum absolute atomic E-state index is 12.9. The lowest BCUT2D eigenvalue weighted by molar-refractivity contribution is 0.0606. The number of para-hydroxylation sites is 1. The lowest BCUT2D eigenvalue weighted by atomic mass is 10.1. The van der Waals surface area contributed by atoms with Crippen molar-refractivity contribution >= 4 is 34.3 Å². The summed E-state index contributed by atoms with van der Waals surface area (Å²) in [7, 11) is 1.64. The molecule has 1 atom stereocenters. The van der Waals surface area contributed by atoms with Crippen LogP contribution < -0.4 is 5.32 Å². The van der Waals surface area contributed by atoms with Crippen LogP contribution in [0.25, 0.3) is 10.6 Å². The Hall–Kier alpha value is -2.22. The molecule has 0 saturated carbocycles. The summed E-state index contributed by atoms with van der Waals surface area (Å²) in [5.74, 6) is 0.00137. The van der Waals surface area contributed by atoms with E-state index in [0.29, 0.717) is 18.7 Å². The first-order chi connectivity index (χ1) is 12.3. The number of carbonyl (C=O) groups is 1. The van der Waals surface area contributed by atoms with Crippen molar-refractivity contribution in [2.24, 2.45) is 0 Å². The molecule has 1 aliphatic heterocycles. The van der Waals surface area contributed by atoms with Crippen LogP contribution in [-0.4, -0.2) is 36.1 Å². The highest BCUT2D eigenvalue weighted by molar-refractivity contribution is 7.14. The Kier molecular flexibility index (Phi) is 4.52. The minimum Gasteiger partial charge on any atom is -0.383 e. The standard InChI is InChI=1S/C18H17N3O2S2/c1-23-8-7-21-16(19-14-5-3-2-4-13(14)18(21)22)15-11-25-17(20-15)12-6-9-24-10-12/h2-6,9-11,16,19H,7-8H2,1H3/t16-/m0/s1. The number of amides is 1. The van der Waals surface area contributed by atoms with E-state index in [1.165, 1.54) is 0 Å². The number of rotatable bonds is 5. The molecule has 0 saturated heterocycles. The number of thiazole rings is 1. The van der Waals surface area contributed by atoms with Gasteiger partial charge in [0.2, 0.25) is 0 Å². The minimum absolute atomic E-state index is 0.00137. The average Bonchev–Trinajstić information content (AvgIpc) is 3.32. The molecule has 1 aliphatic rings. The number of carbonyl (C=O) groups excluding carboxylic acids is 1. The quantitative estimate of drug-likeness (QED) is 0.734. The van der Waals surface area contributed by atoms with Crippen molar-refractivity contribution in [3.63, 3.8) is 0 Å². The molecule has 1 amide bonds. The zero-order valence-corrected chi connectivity index (χ0v) is 15.3. The van der Waals surface area contributed by atoms with Crippen molar-refractivity contribution in [2.75, 3.05) is 25.6 Å². The number of nitrogens with zero attached hydrogens (tertiary/aromatic N) is 2. The SMILES string of the molecule is COCCN1C(=O)c2ccccc2N[C@@H]1c1csc(-c2ccsc2)n1. The lowest BCUT2D eigenvalue weighted by Gasteiger charge is -2.36. The Morgan fingerprint density at radius 3 is 2.96 bits per heavy atom. The Morgan fingerprint density at radius 2 is 2.16 bits per heavy atom. The highest BCUT2D eigenvalue weighted by atomic mass is 32.1. The summed E-state index contributed by atoms with van der Waals surface area (Å²) in [6, 6.07) is 9.65. The number of thiophene rings is 1. The van der Waals surface area contributed by atoms with E-state index in [-0.39, 0.29) is 12.1 Å². The number of anilines is 1. The third-order valence-electron chi connectivity index (χ3n) is 4.13. The van der Waals surface area contributed by atoms with Gasteiger partial charge in [0.25, 0.3) is 5.91 Å². The van der Waals surface area contributed by atoms with Crippen LogP contribution in [0.3, 0.4) is 0 Å². The van der Waals surface area contributed by atoms with Crippen molar-refractivity contribution in [1.82, 2.24) is 9.88 Å². The summed E-state index contributed by atoms with van der Waals surface area (Å²) in [5, 5.41) is 10.6. The van der Waals surface area contributed by atoms with Gasteiger partial charge in [-0.15, -0.1) is 11.3 Å². The second-order valence-electron chi connectivity index (χ2n) is 5.67. The maximum Gasteiger partial charge on any atom is 0.257 e. The van der Waals surface area contributed by atoms with E-state index >= 15 is 0 Å². The van der Waals surface area contributed by atoms with Crippen LogP contribution in [0.4, 0.5) is 5.69 Å². The van der Waals surface area contributed by atoms with Gasteiger partial charge in [0.05, 0.1) is 17.9 Å². The summed E-state index contributed by atoms with van der Waals surface area (Å²) >= 11 is 3.25. The summed E-state index contributed by atoms with van der Waals surface area (Å²) in [5.41, 5.74) is 3.50. The fourth-order valence-corrected chi connectivity index (χ4v) is 4.43. The van der Waals surface area contributed by atoms with Crippen LogP contribution in [0.15, 0.2) is 46.5 Å². The van der Waals surface area contributed by atoms with Crippen molar-refractivity contribution < 1.29 is 9.53 Å². The molecule has 4 rings (SSSR count). The second kappa shape index (κ2) is 6.95. The molecule has 0 aliphatic carbocycles. The molecule has 0 radical (unpaired) electrons. The molecule has 7 heteroatoms. The molecule has 1 aromatic carbocycles. The van der Waals surface area contributed by atoms with Crippen LogP contribution >= 0.6 is 22.7 Å². The Labute approximate surface area is 153 Å². The topological polar surface area (TPSA) is 54.5 Å². The number of hydrogen-bond acceptors (Lipinski definition) is 6. The van der Waals surface area contributed by atoms with Crippen LogP contribution in [0.5, 0.6) is 0 Å². The molecule has 5 nitrogen and oxygen atoms in total. The van der Waals surface area contributed by atoms with Gasteiger partial charge in [0.15, 0.2) is 0 Å². The van der Waals surface area contributed by atoms with Gasteiger partial charge in [-0.1, -0.05) is 12.1 Å². The van der Waals surface area contributed by atoms with Crippen molar-refractivity contribution in [3.05, 3.63) is 57.7 Å². The molecule has 3 aromatic rings. The molecular weight excluding hydrogens is 354 g/mol. The van der Waals surface area contributed by atoms with Crippen LogP contribution in [-0.2, 0) is 4.74 Å². The normalized spacial score (nSPS) is 16.6. The Morgan fingerprint density at radius 1 is 1.28 bits per heavy atom. The van der Waals surface area contributed by atoms with Gasteiger partial charge in [-0.2, -0.15) is 11.3 Å². The molecule has 128 valence electrons. The molecule has 1 N–H and O–H groups in total. The number of benzene rings is 1. The second-order valence-corrected chi connectivity index (χ2v) is 7.31. The number of fused-ring (bicyclic) bond motifs is 1. The zero-order valence-electron chi connectivity index (χ0n) is 13.6. The first-order valence-corrected chi connectivity index (χ1v) is 9.73. The molecular formula is C18H17N3O2S2. The smallest absolute Gasteiger partial charge is 0.257 e. The van der Waals surface area contributed by atoms with Gasteiger partial charge in [-0.3, -0.25) is 4.79 Å². The van der Waals surface area contributed by atoms with Crippen LogP contribution in [0.2, 0.25) is 0 Å². The van der Waals surface area contributed by atoms with Gasteiger partial charge >= 0.3 is 0 Å². The van der Waals surface area contributed by atoms with Gasteiger partial charge in [0, 0.05) is 35.7 Å². The Bertz CT molecular complexity index is 876. The van der Waals surface area contributed by atoms with Crippen LogP contribution in [0, 0.1) is 0 Å². The number of methoxy groups -OCH3 is 1. The summed E-state index contributed by atoms with van der Waals surface area (Å²) in [4.78, 5) is 19.5. The number of nitrogens with one attached hydrogen (secondary N) is 1. The molecule has 0 unspecified atom stereocenters. The van der Waals surface area contributed by atoms with Gasteiger partial charge in [-0.05, 0) is 23.6 Å². The first kappa shape index (κ1) is 16.3. The van der Waals surface area contributed by atoms with E-state index in [4.69, 9.17) is 9.72 Å². The Balaban J connectivity index is 1.70. The molecule has 0 bridgehead atoms. The largest absolute Gasteiger partial charge is 0.383 e. The van der Waals surface area contributed by atoms with E-state index in [1.54, 1.807) is 34.7 Å². The van der Waals surface area contributed by atoms with Gasteiger partial charge in [-0.25, -0.2) is 4.98 Å². The fourth-order valence-electron chi connectivity index (χ4n) is 2.88. The third kappa shape index (κ3) is 3.06. The number of hydrogen-bond donors (Lipinski definition) is 1.